The number of carbonyl (C=O) groups is 2. The Bertz CT molecular complexity index is 636. The van der Waals surface area contributed by atoms with Crippen LogP contribution in [-0.2, 0) is 4.79 Å². The Kier molecular flexibility index (Phi) is 6.27. The average molecular weight is 332 g/mol. The van der Waals surface area contributed by atoms with E-state index < -0.39 is 5.82 Å². The van der Waals surface area contributed by atoms with Gasteiger partial charge in [-0.2, -0.15) is 5.26 Å². The molecule has 2 rings (SSSR count). The van der Waals surface area contributed by atoms with E-state index in [-0.39, 0.29) is 23.9 Å². The largest absolute Gasteiger partial charge is 0.344 e. The maximum Gasteiger partial charge on any atom is 0.256 e. The summed E-state index contributed by atoms with van der Waals surface area (Å²) in [5, 5.41) is 8.55. The highest BCUT2D eigenvalue weighted by Crippen LogP contribution is 2.12. The lowest BCUT2D eigenvalue weighted by atomic mass is 10.1. The molecule has 0 unspecified atom stereocenters. The minimum atomic E-state index is -0.515. The van der Waals surface area contributed by atoms with Crippen LogP contribution in [0, 0.1) is 17.1 Å². The third-order valence-corrected chi connectivity index (χ3v) is 4.11. The van der Waals surface area contributed by atoms with Gasteiger partial charge in [-0.05, 0) is 12.1 Å². The Morgan fingerprint density at radius 2 is 1.92 bits per heavy atom. The first-order valence-electron chi connectivity index (χ1n) is 7.90. The topological polar surface area (TPSA) is 67.7 Å². The van der Waals surface area contributed by atoms with E-state index in [1.54, 1.807) is 29.0 Å². The molecule has 1 heterocycles. The maximum absolute atomic E-state index is 13.7. The number of hydrogen-bond acceptors (Lipinski definition) is 4. The van der Waals surface area contributed by atoms with Crippen LogP contribution in [0.1, 0.15) is 16.8 Å². The first kappa shape index (κ1) is 17.9. The van der Waals surface area contributed by atoms with Gasteiger partial charge in [0.1, 0.15) is 5.82 Å². The molecule has 24 heavy (non-hydrogen) atoms. The molecule has 0 bridgehead atoms. The van der Waals surface area contributed by atoms with Gasteiger partial charge < -0.3 is 9.80 Å². The summed E-state index contributed by atoms with van der Waals surface area (Å²) in [4.78, 5) is 29.5. The first-order chi connectivity index (χ1) is 11.5. The summed E-state index contributed by atoms with van der Waals surface area (Å²) >= 11 is 0. The van der Waals surface area contributed by atoms with E-state index in [4.69, 9.17) is 5.26 Å². The summed E-state index contributed by atoms with van der Waals surface area (Å²) in [6.45, 7) is 2.74. The molecule has 0 spiro atoms. The van der Waals surface area contributed by atoms with Crippen LogP contribution in [0.25, 0.3) is 0 Å². The van der Waals surface area contributed by atoms with Crippen LogP contribution in [0.5, 0.6) is 0 Å². The van der Waals surface area contributed by atoms with E-state index in [0.717, 1.165) is 0 Å². The molecule has 1 aliphatic heterocycles. The second kappa shape index (κ2) is 8.41. The number of piperazine rings is 1. The van der Waals surface area contributed by atoms with Crippen LogP contribution >= 0.6 is 0 Å². The summed E-state index contributed by atoms with van der Waals surface area (Å²) in [7, 11) is 1.68. The minimum absolute atomic E-state index is 0.0425. The van der Waals surface area contributed by atoms with Crippen molar-refractivity contribution in [3.05, 3.63) is 35.6 Å². The van der Waals surface area contributed by atoms with E-state index in [1.807, 2.05) is 11.0 Å². The number of rotatable bonds is 5. The number of likely N-dealkylation sites (N-methyl/N-ethyl adjacent to an activating group) is 1. The zero-order valence-corrected chi connectivity index (χ0v) is 13.7. The molecule has 1 saturated heterocycles. The van der Waals surface area contributed by atoms with Crippen LogP contribution < -0.4 is 0 Å². The van der Waals surface area contributed by atoms with Crippen molar-refractivity contribution in [3.8, 4) is 6.07 Å². The zero-order valence-electron chi connectivity index (χ0n) is 13.7. The summed E-state index contributed by atoms with van der Waals surface area (Å²) in [5.74, 6) is -0.872. The predicted molar refractivity (Wildman–Crippen MR) is 86.6 cm³/mol. The predicted octanol–water partition coefficient (Wildman–Crippen LogP) is 0.956. The smallest absolute Gasteiger partial charge is 0.256 e. The van der Waals surface area contributed by atoms with Gasteiger partial charge in [-0.15, -0.1) is 0 Å². The summed E-state index contributed by atoms with van der Waals surface area (Å²) in [6.07, 6.45) is 0.313. The van der Waals surface area contributed by atoms with Crippen LogP contribution in [-0.4, -0.2) is 72.8 Å². The Morgan fingerprint density at radius 1 is 1.25 bits per heavy atom. The molecule has 6 nitrogen and oxygen atoms in total. The van der Waals surface area contributed by atoms with Gasteiger partial charge in [0.25, 0.3) is 5.91 Å². The molecule has 0 N–H and O–H groups in total. The normalized spacial score (nSPS) is 15.0. The molecule has 2 amide bonds. The SMILES string of the molecule is CN(CCC#N)C(=O)CN1CCN(C(=O)c2ccccc2F)CC1. The van der Waals surface area contributed by atoms with Gasteiger partial charge in [-0.25, -0.2) is 4.39 Å². The fraction of sp³-hybridized carbons (Fsp3) is 0.471. The molecule has 0 aliphatic carbocycles. The fourth-order valence-electron chi connectivity index (χ4n) is 2.57. The van der Waals surface area contributed by atoms with Crippen molar-refractivity contribution >= 4 is 11.8 Å². The van der Waals surface area contributed by atoms with Crippen LogP contribution in [0.4, 0.5) is 4.39 Å². The molecule has 1 fully saturated rings. The molecule has 0 saturated carbocycles. The van der Waals surface area contributed by atoms with Crippen molar-refractivity contribution in [1.29, 1.82) is 5.26 Å². The number of benzene rings is 1. The first-order valence-corrected chi connectivity index (χ1v) is 7.90. The van der Waals surface area contributed by atoms with Crippen molar-refractivity contribution in [2.75, 3.05) is 46.3 Å². The molecule has 1 aromatic carbocycles. The molecule has 0 atom stereocenters. The van der Waals surface area contributed by atoms with Gasteiger partial charge >= 0.3 is 0 Å². The molecule has 0 aromatic heterocycles. The van der Waals surface area contributed by atoms with Gasteiger partial charge in [0, 0.05) is 39.8 Å². The Morgan fingerprint density at radius 3 is 2.54 bits per heavy atom. The maximum atomic E-state index is 13.7. The van der Waals surface area contributed by atoms with Crippen molar-refractivity contribution < 1.29 is 14.0 Å². The highest BCUT2D eigenvalue weighted by molar-refractivity contribution is 5.94. The quantitative estimate of drug-likeness (QED) is 0.805. The average Bonchev–Trinajstić information content (AvgIpc) is 2.60. The number of nitriles is 1. The lowest BCUT2D eigenvalue weighted by Gasteiger charge is -2.35. The van der Waals surface area contributed by atoms with Crippen LogP contribution in [0.15, 0.2) is 24.3 Å². The minimum Gasteiger partial charge on any atom is -0.344 e. The zero-order chi connectivity index (χ0) is 17.5. The van der Waals surface area contributed by atoms with Gasteiger partial charge in [0.05, 0.1) is 24.6 Å². The molecule has 0 radical (unpaired) electrons. The van der Waals surface area contributed by atoms with Crippen molar-refractivity contribution in [1.82, 2.24) is 14.7 Å². The van der Waals surface area contributed by atoms with Crippen LogP contribution in [0.2, 0.25) is 0 Å². The van der Waals surface area contributed by atoms with Crippen molar-refractivity contribution in [2.24, 2.45) is 0 Å². The molecule has 7 heteroatoms. The summed E-state index contributed by atoms with van der Waals surface area (Å²) in [5.41, 5.74) is 0.0817. The molecule has 128 valence electrons. The second-order valence-corrected chi connectivity index (χ2v) is 5.77. The number of amides is 2. The number of nitrogens with zero attached hydrogens (tertiary/aromatic N) is 4. The lowest BCUT2D eigenvalue weighted by Crippen LogP contribution is -2.51. The molecule has 1 aliphatic rings. The van der Waals surface area contributed by atoms with Crippen molar-refractivity contribution in [3.63, 3.8) is 0 Å². The van der Waals surface area contributed by atoms with Gasteiger partial charge in [-0.1, -0.05) is 12.1 Å². The summed E-state index contributed by atoms with van der Waals surface area (Å²) in [6, 6.07) is 7.97. The molecular weight excluding hydrogens is 311 g/mol. The monoisotopic (exact) mass is 332 g/mol. The third-order valence-electron chi connectivity index (χ3n) is 4.11. The van der Waals surface area contributed by atoms with E-state index in [2.05, 4.69) is 0 Å². The molecule has 1 aromatic rings. The number of carbonyl (C=O) groups excluding carboxylic acids is 2. The molecular formula is C17H21FN4O2. The van der Waals surface area contributed by atoms with Gasteiger partial charge in [-0.3, -0.25) is 14.5 Å². The van der Waals surface area contributed by atoms with E-state index in [1.165, 1.54) is 12.1 Å². The second-order valence-electron chi connectivity index (χ2n) is 5.77. The Balaban J connectivity index is 1.83. The number of halogens is 1. The Hall–Kier alpha value is -2.46. The highest BCUT2D eigenvalue weighted by atomic mass is 19.1. The van der Waals surface area contributed by atoms with Gasteiger partial charge in [0.2, 0.25) is 5.91 Å². The Labute approximate surface area is 141 Å². The van der Waals surface area contributed by atoms with Crippen molar-refractivity contribution in [2.45, 2.75) is 6.42 Å². The van der Waals surface area contributed by atoms with E-state index in [0.29, 0.717) is 39.1 Å². The standard InChI is InChI=1S/C17H21FN4O2/c1-20(8-4-7-19)16(23)13-21-9-11-22(12-10-21)17(24)14-5-2-3-6-15(14)18/h2-3,5-6H,4,8-13H2,1H3. The summed E-state index contributed by atoms with van der Waals surface area (Å²) < 4.78 is 13.7. The number of hydrogen-bond donors (Lipinski definition) is 0. The van der Waals surface area contributed by atoms with Gasteiger partial charge in [0.15, 0.2) is 0 Å². The highest BCUT2D eigenvalue weighted by Gasteiger charge is 2.25. The van der Waals surface area contributed by atoms with E-state index >= 15 is 0 Å². The van der Waals surface area contributed by atoms with Crippen LogP contribution in [0.3, 0.4) is 0 Å². The fourth-order valence-corrected chi connectivity index (χ4v) is 2.57. The van der Waals surface area contributed by atoms with E-state index in [9.17, 15) is 14.0 Å². The lowest BCUT2D eigenvalue weighted by molar-refractivity contribution is -0.131. The third kappa shape index (κ3) is 4.52.